The molecule has 0 aromatic heterocycles. The number of methoxy groups -OCH3 is 1. The fourth-order valence-corrected chi connectivity index (χ4v) is 8.00. The van der Waals surface area contributed by atoms with Crippen LogP contribution in [-0.4, -0.2) is 72.5 Å². The smallest absolute Gasteiger partial charge is 0.504 e. The molecule has 258 valence electrons. The summed E-state index contributed by atoms with van der Waals surface area (Å²) >= 11 is 0. The molecule has 3 aromatic carbocycles. The molecule has 1 amide bonds. The number of amides is 1. The lowest BCUT2D eigenvalue weighted by Gasteiger charge is -2.56. The predicted molar refractivity (Wildman–Crippen MR) is 178 cm³/mol. The highest BCUT2D eigenvalue weighted by Gasteiger charge is 2.54. The maximum absolute atomic E-state index is 13.3. The van der Waals surface area contributed by atoms with Gasteiger partial charge in [0.1, 0.15) is 18.6 Å². The van der Waals surface area contributed by atoms with Crippen molar-refractivity contribution in [2.24, 2.45) is 0 Å². The first kappa shape index (κ1) is 32.8. The van der Waals surface area contributed by atoms with E-state index in [0.29, 0.717) is 58.8 Å². The molecule has 0 radical (unpaired) electrons. The third-order valence-electron chi connectivity index (χ3n) is 10.1. The van der Waals surface area contributed by atoms with E-state index in [4.69, 9.17) is 23.7 Å². The molecule has 1 unspecified atom stereocenters. The number of benzene rings is 3. The number of ether oxygens (including phenoxy) is 5. The van der Waals surface area contributed by atoms with Gasteiger partial charge >= 0.3 is 6.16 Å². The number of carbonyl (C=O) groups excluding carboxylic acids is 2. The number of phenols is 1. The Balaban J connectivity index is 1.32. The standard InChI is InChI=1S/C37H41N3O9/c1-5-13-46-37(44)49-33-20(3)34-35(48-18-47-34)29-23(33)16-25-30-28-22(14-19(2)32(45-4)31(28)42)15-24(39-30)36(43)40(25)26(29)17-38-27(41)12-11-21-9-7-6-8-10-21/h5-10,14,24-26,30,36,39,42-43H,1,11-13,15-18H2,2-4H3,(H,38,41)/t24-,25?,26-,30-,36-/m0/s1. The van der Waals surface area contributed by atoms with Crippen molar-refractivity contribution in [1.82, 2.24) is 15.5 Å². The molecule has 4 N–H and O–H groups in total. The van der Waals surface area contributed by atoms with Crippen LogP contribution in [0.2, 0.25) is 0 Å². The molecule has 0 aliphatic carbocycles. The lowest BCUT2D eigenvalue weighted by Crippen LogP contribution is -2.69. The Morgan fingerprint density at radius 3 is 2.65 bits per heavy atom. The number of hydrogen-bond acceptors (Lipinski definition) is 11. The SMILES string of the molecule is C=CCOC(=O)Oc1c(C)c2c(c3c1CC1[C@@H]4N[C@@H](Cc5cc(C)c(OC)c(O)c54)[C@H](O)N1[C@H]3CNC(=O)CCc1ccccc1)OCO2. The first-order chi connectivity index (χ1) is 23.7. The molecule has 2 bridgehead atoms. The fourth-order valence-electron chi connectivity index (χ4n) is 8.00. The summed E-state index contributed by atoms with van der Waals surface area (Å²) in [5, 5.41) is 30.3. The normalized spacial score (nSPS) is 23.1. The van der Waals surface area contributed by atoms with E-state index in [1.807, 2.05) is 48.2 Å². The van der Waals surface area contributed by atoms with Crippen LogP contribution in [0, 0.1) is 13.8 Å². The summed E-state index contributed by atoms with van der Waals surface area (Å²) in [6.45, 7) is 7.33. The number of aryl methyl sites for hydroxylation is 2. The van der Waals surface area contributed by atoms with Gasteiger partial charge in [-0.25, -0.2) is 4.79 Å². The summed E-state index contributed by atoms with van der Waals surface area (Å²) in [6.07, 6.45) is 1.19. The van der Waals surface area contributed by atoms with Crippen molar-refractivity contribution >= 4 is 12.1 Å². The first-order valence-electron chi connectivity index (χ1n) is 16.5. The number of rotatable bonds is 9. The third kappa shape index (κ3) is 5.73. The summed E-state index contributed by atoms with van der Waals surface area (Å²) in [5.41, 5.74) is 5.36. The zero-order valence-electron chi connectivity index (χ0n) is 27.8. The van der Waals surface area contributed by atoms with Gasteiger partial charge < -0.3 is 44.5 Å². The molecule has 1 fully saturated rings. The highest BCUT2D eigenvalue weighted by atomic mass is 16.7. The Kier molecular flexibility index (Phi) is 8.86. The Labute approximate surface area is 284 Å². The second-order valence-electron chi connectivity index (χ2n) is 12.9. The van der Waals surface area contributed by atoms with Crippen LogP contribution in [0.5, 0.6) is 28.7 Å². The summed E-state index contributed by atoms with van der Waals surface area (Å²) in [4.78, 5) is 28.2. The van der Waals surface area contributed by atoms with Gasteiger partial charge in [0.2, 0.25) is 12.7 Å². The van der Waals surface area contributed by atoms with E-state index in [1.165, 1.54) is 13.2 Å². The maximum atomic E-state index is 13.3. The van der Waals surface area contributed by atoms with E-state index in [0.717, 1.165) is 16.7 Å². The second kappa shape index (κ2) is 13.3. The molecule has 0 saturated carbocycles. The molecule has 3 aromatic rings. The van der Waals surface area contributed by atoms with E-state index in [-0.39, 0.29) is 49.8 Å². The van der Waals surface area contributed by atoms with E-state index in [2.05, 4.69) is 17.2 Å². The first-order valence-corrected chi connectivity index (χ1v) is 16.5. The minimum atomic E-state index is -0.973. The van der Waals surface area contributed by atoms with Crippen LogP contribution in [0.1, 0.15) is 57.4 Å². The number of fused-ring (bicyclic) bond motifs is 9. The van der Waals surface area contributed by atoms with Crippen molar-refractivity contribution in [3.8, 4) is 28.7 Å². The van der Waals surface area contributed by atoms with E-state index in [9.17, 15) is 19.8 Å². The predicted octanol–water partition coefficient (Wildman–Crippen LogP) is 4.05. The second-order valence-corrected chi connectivity index (χ2v) is 12.9. The third-order valence-corrected chi connectivity index (χ3v) is 10.1. The lowest BCUT2D eigenvalue weighted by molar-refractivity contribution is -0.130. The summed E-state index contributed by atoms with van der Waals surface area (Å²) < 4.78 is 28.7. The number of nitrogens with one attached hydrogen (secondary N) is 2. The number of nitrogens with zero attached hydrogens (tertiary/aromatic N) is 1. The van der Waals surface area contributed by atoms with Crippen molar-refractivity contribution in [2.45, 2.75) is 69.9 Å². The minimum absolute atomic E-state index is 0.0322. The highest BCUT2D eigenvalue weighted by Crippen LogP contribution is 2.56. The molecular weight excluding hydrogens is 630 g/mol. The molecule has 4 aliphatic rings. The van der Waals surface area contributed by atoms with Crippen LogP contribution in [0.15, 0.2) is 49.1 Å². The van der Waals surface area contributed by atoms with Crippen molar-refractivity contribution in [1.29, 1.82) is 0 Å². The highest BCUT2D eigenvalue weighted by molar-refractivity contribution is 5.76. The van der Waals surface area contributed by atoms with E-state index < -0.39 is 30.5 Å². The Hall–Kier alpha value is -4.78. The van der Waals surface area contributed by atoms with Crippen LogP contribution >= 0.6 is 0 Å². The molecule has 7 rings (SSSR count). The van der Waals surface area contributed by atoms with Crippen LogP contribution in [0.25, 0.3) is 0 Å². The van der Waals surface area contributed by atoms with Gasteiger partial charge in [-0.2, -0.15) is 0 Å². The largest absolute Gasteiger partial charge is 0.514 e. The van der Waals surface area contributed by atoms with Gasteiger partial charge in [0.15, 0.2) is 23.0 Å². The average Bonchev–Trinajstić information content (AvgIpc) is 3.59. The average molecular weight is 672 g/mol. The number of aromatic hydroxyl groups is 1. The molecule has 1 saturated heterocycles. The van der Waals surface area contributed by atoms with Gasteiger partial charge in [-0.3, -0.25) is 9.69 Å². The topological polar surface area (TPSA) is 148 Å². The van der Waals surface area contributed by atoms with Crippen molar-refractivity contribution < 1.29 is 43.5 Å². The van der Waals surface area contributed by atoms with Gasteiger partial charge in [0.05, 0.1) is 25.2 Å². The molecule has 4 aliphatic heterocycles. The van der Waals surface area contributed by atoms with E-state index >= 15 is 0 Å². The number of carbonyl (C=O) groups is 2. The minimum Gasteiger partial charge on any atom is -0.504 e. The molecule has 0 spiro atoms. The number of phenolic OH excluding ortho intramolecular Hbond substituents is 1. The number of aliphatic hydroxyl groups excluding tert-OH is 1. The molecule has 12 nitrogen and oxygen atoms in total. The van der Waals surface area contributed by atoms with Crippen LogP contribution < -0.4 is 29.6 Å². The van der Waals surface area contributed by atoms with Crippen molar-refractivity contribution in [2.75, 3.05) is 27.1 Å². The van der Waals surface area contributed by atoms with Gasteiger partial charge in [0.25, 0.3) is 0 Å². The van der Waals surface area contributed by atoms with Crippen LogP contribution in [0.4, 0.5) is 4.79 Å². The molecular formula is C37H41N3O9. The number of piperazine rings is 1. The molecule has 4 heterocycles. The Morgan fingerprint density at radius 2 is 1.90 bits per heavy atom. The number of aliphatic hydroxyl groups is 1. The maximum Gasteiger partial charge on any atom is 0.514 e. The molecule has 12 heteroatoms. The Morgan fingerprint density at radius 1 is 1.12 bits per heavy atom. The zero-order chi connectivity index (χ0) is 34.4. The summed E-state index contributed by atoms with van der Waals surface area (Å²) in [7, 11) is 1.53. The van der Waals surface area contributed by atoms with E-state index in [1.54, 1.807) is 6.92 Å². The van der Waals surface area contributed by atoms with Crippen molar-refractivity contribution in [3.05, 3.63) is 88.0 Å². The lowest BCUT2D eigenvalue weighted by atomic mass is 9.74. The summed E-state index contributed by atoms with van der Waals surface area (Å²) in [6, 6.07) is 9.92. The van der Waals surface area contributed by atoms with Crippen LogP contribution in [0.3, 0.4) is 0 Å². The summed E-state index contributed by atoms with van der Waals surface area (Å²) in [5.74, 6) is 1.48. The van der Waals surface area contributed by atoms with Gasteiger partial charge in [0, 0.05) is 41.3 Å². The van der Waals surface area contributed by atoms with Gasteiger partial charge in [-0.05, 0) is 49.8 Å². The molecule has 49 heavy (non-hydrogen) atoms. The quantitative estimate of drug-likeness (QED) is 0.148. The van der Waals surface area contributed by atoms with Gasteiger partial charge in [-0.1, -0.05) is 49.1 Å². The number of hydrogen-bond donors (Lipinski definition) is 4. The monoisotopic (exact) mass is 671 g/mol. The Bertz CT molecular complexity index is 1800. The van der Waals surface area contributed by atoms with Crippen molar-refractivity contribution in [3.63, 3.8) is 0 Å². The van der Waals surface area contributed by atoms with Gasteiger partial charge in [-0.15, -0.1) is 0 Å². The zero-order valence-corrected chi connectivity index (χ0v) is 27.8. The molecule has 5 atom stereocenters. The fraction of sp³-hybridized carbons (Fsp3) is 0.405. The van der Waals surface area contributed by atoms with Crippen LogP contribution in [-0.2, 0) is 28.8 Å².